The fourth-order valence-electron chi connectivity index (χ4n) is 2.31. The van der Waals surface area contributed by atoms with E-state index < -0.39 is 11.6 Å². The van der Waals surface area contributed by atoms with Crippen molar-refractivity contribution in [1.82, 2.24) is 4.90 Å². The fourth-order valence-corrected chi connectivity index (χ4v) is 2.31. The Bertz CT molecular complexity index is 535. The number of carboxylic acids is 1. The molecule has 1 aromatic carbocycles. The number of benzene rings is 1. The van der Waals surface area contributed by atoms with Crippen molar-refractivity contribution >= 4 is 17.7 Å². The Morgan fingerprint density at radius 3 is 2.43 bits per heavy atom. The van der Waals surface area contributed by atoms with Gasteiger partial charge < -0.3 is 14.7 Å². The highest BCUT2D eigenvalue weighted by atomic mass is 16.5. The van der Waals surface area contributed by atoms with E-state index in [1.807, 2.05) is 38.1 Å². The topological polar surface area (TPSA) is 70.1 Å². The Balaban J connectivity index is 1.91. The maximum Gasteiger partial charge on any atom is 0.329 e. The summed E-state index contributed by atoms with van der Waals surface area (Å²) in [6.07, 6.45) is 0. The fraction of sp³-hybridized carbons (Fsp3) is 0.467. The first-order valence-corrected chi connectivity index (χ1v) is 6.76. The molecular weight excluding hydrogens is 272 g/mol. The first kappa shape index (κ1) is 15.3. The maximum atomic E-state index is 12.3. The number of rotatable bonds is 4. The average Bonchev–Trinajstić information content (AvgIpc) is 2.41. The van der Waals surface area contributed by atoms with Crippen LogP contribution in [0.1, 0.15) is 12.5 Å². The molecule has 6 heteroatoms. The third-order valence-corrected chi connectivity index (χ3v) is 3.57. The highest BCUT2D eigenvalue weighted by Gasteiger charge is 2.43. The number of likely N-dealkylation sites (tertiary alicyclic amines) is 1. The number of aryl methyl sites for hydroxylation is 1. The van der Waals surface area contributed by atoms with Gasteiger partial charge in [-0.1, -0.05) is 17.7 Å². The number of carboxylic acid groups (broad SMARTS) is 1. The lowest BCUT2D eigenvalue weighted by atomic mass is 9.97. The van der Waals surface area contributed by atoms with Gasteiger partial charge in [0.25, 0.3) is 0 Å². The van der Waals surface area contributed by atoms with Crippen LogP contribution < -0.4 is 4.90 Å². The summed E-state index contributed by atoms with van der Waals surface area (Å²) in [6, 6.07) is 7.58. The molecule has 1 N–H and O–H groups in total. The average molecular weight is 292 g/mol. The van der Waals surface area contributed by atoms with E-state index >= 15 is 0 Å². The molecule has 0 atom stereocenters. The number of aliphatic carboxylic acids is 1. The van der Waals surface area contributed by atoms with Crippen LogP contribution in [0.25, 0.3) is 0 Å². The second kappa shape index (κ2) is 5.73. The van der Waals surface area contributed by atoms with Gasteiger partial charge >= 0.3 is 12.0 Å². The van der Waals surface area contributed by atoms with E-state index in [1.54, 1.807) is 16.8 Å². The van der Waals surface area contributed by atoms with Gasteiger partial charge in [0.15, 0.2) is 0 Å². The number of urea groups is 1. The molecule has 0 bridgehead atoms. The number of amides is 2. The number of hydrogen-bond acceptors (Lipinski definition) is 3. The summed E-state index contributed by atoms with van der Waals surface area (Å²) in [5.74, 6) is -1.00. The number of carbonyl (C=O) groups excluding carboxylic acids is 1. The molecule has 1 fully saturated rings. The normalized spacial score (nSPS) is 16.2. The highest BCUT2D eigenvalue weighted by molar-refractivity contribution is 5.92. The monoisotopic (exact) mass is 292 g/mol. The number of anilines is 1. The molecule has 0 aromatic heterocycles. The summed E-state index contributed by atoms with van der Waals surface area (Å²) in [5, 5.41) is 8.62. The minimum absolute atomic E-state index is 0.116. The lowest BCUT2D eigenvalue weighted by Crippen LogP contribution is -2.65. The predicted molar refractivity (Wildman–Crippen MR) is 78.5 cm³/mol. The maximum absolute atomic E-state index is 12.3. The highest BCUT2D eigenvalue weighted by Crippen LogP contribution is 2.27. The Kier molecular flexibility index (Phi) is 4.18. The molecule has 2 amide bonds. The van der Waals surface area contributed by atoms with Crippen LogP contribution in [0.5, 0.6) is 0 Å². The third kappa shape index (κ3) is 3.52. The molecule has 0 aliphatic carbocycles. The van der Waals surface area contributed by atoms with Crippen LogP contribution in [0.15, 0.2) is 24.3 Å². The van der Waals surface area contributed by atoms with E-state index in [2.05, 4.69) is 0 Å². The summed E-state index contributed by atoms with van der Waals surface area (Å²) >= 11 is 0. The van der Waals surface area contributed by atoms with Gasteiger partial charge in [0, 0.05) is 12.7 Å². The van der Waals surface area contributed by atoms with E-state index in [0.29, 0.717) is 13.1 Å². The smallest absolute Gasteiger partial charge is 0.329 e. The molecule has 0 spiro atoms. The van der Waals surface area contributed by atoms with Crippen molar-refractivity contribution < 1.29 is 19.4 Å². The molecule has 1 aliphatic heterocycles. The predicted octanol–water partition coefficient (Wildman–Crippen LogP) is 1.73. The summed E-state index contributed by atoms with van der Waals surface area (Å²) in [6.45, 7) is 4.26. The van der Waals surface area contributed by atoms with Gasteiger partial charge in [0.05, 0.1) is 13.1 Å². The Hall–Kier alpha value is -2.08. The molecule has 21 heavy (non-hydrogen) atoms. The largest absolute Gasteiger partial charge is 0.480 e. The van der Waals surface area contributed by atoms with Crippen LogP contribution in [-0.2, 0) is 9.53 Å². The second-order valence-corrected chi connectivity index (χ2v) is 5.67. The summed E-state index contributed by atoms with van der Waals surface area (Å²) in [5.41, 5.74) is 1.39. The second-order valence-electron chi connectivity index (χ2n) is 5.67. The minimum Gasteiger partial charge on any atom is -0.480 e. The lowest BCUT2D eigenvalue weighted by molar-refractivity contribution is -0.159. The molecule has 114 valence electrons. The Morgan fingerprint density at radius 1 is 1.33 bits per heavy atom. The lowest BCUT2D eigenvalue weighted by Gasteiger charge is -2.48. The van der Waals surface area contributed by atoms with Crippen molar-refractivity contribution in [2.45, 2.75) is 19.4 Å². The van der Waals surface area contributed by atoms with Gasteiger partial charge in [-0.25, -0.2) is 9.59 Å². The summed E-state index contributed by atoms with van der Waals surface area (Å²) < 4.78 is 5.30. The van der Waals surface area contributed by atoms with Crippen molar-refractivity contribution in [1.29, 1.82) is 0 Å². The van der Waals surface area contributed by atoms with Crippen molar-refractivity contribution in [3.63, 3.8) is 0 Å². The molecular formula is C15H20N2O4. The zero-order valence-corrected chi connectivity index (χ0v) is 12.5. The van der Waals surface area contributed by atoms with Gasteiger partial charge in [-0.05, 0) is 26.0 Å². The summed E-state index contributed by atoms with van der Waals surface area (Å²) in [7, 11) is 1.72. The molecule has 0 unspecified atom stereocenters. The molecule has 0 radical (unpaired) electrons. The van der Waals surface area contributed by atoms with Crippen LogP contribution in [0.3, 0.4) is 0 Å². The van der Waals surface area contributed by atoms with Crippen LogP contribution in [0.4, 0.5) is 10.5 Å². The third-order valence-electron chi connectivity index (χ3n) is 3.57. The van der Waals surface area contributed by atoms with E-state index in [0.717, 1.165) is 11.3 Å². The molecule has 6 nitrogen and oxygen atoms in total. The molecule has 1 aliphatic rings. The number of carbonyl (C=O) groups is 2. The number of ether oxygens (including phenoxy) is 1. The van der Waals surface area contributed by atoms with Gasteiger partial charge in [-0.2, -0.15) is 0 Å². The molecule has 1 aromatic rings. The van der Waals surface area contributed by atoms with Crippen molar-refractivity contribution in [3.05, 3.63) is 29.8 Å². The number of nitrogens with zero attached hydrogens (tertiary/aromatic N) is 2. The molecule has 2 rings (SSSR count). The number of hydrogen-bond donors (Lipinski definition) is 1. The van der Waals surface area contributed by atoms with Gasteiger partial charge in [0.2, 0.25) is 0 Å². The van der Waals surface area contributed by atoms with Crippen molar-refractivity contribution in [2.75, 3.05) is 31.6 Å². The molecule has 1 saturated heterocycles. The van der Waals surface area contributed by atoms with Crippen molar-refractivity contribution in [2.24, 2.45) is 0 Å². The van der Waals surface area contributed by atoms with Gasteiger partial charge in [-0.15, -0.1) is 0 Å². The first-order chi connectivity index (χ1) is 9.81. The Labute approximate surface area is 123 Å². The first-order valence-electron chi connectivity index (χ1n) is 6.76. The van der Waals surface area contributed by atoms with Crippen LogP contribution >= 0.6 is 0 Å². The summed E-state index contributed by atoms with van der Waals surface area (Å²) in [4.78, 5) is 26.0. The zero-order chi connectivity index (χ0) is 15.6. The standard InChI is InChI=1S/C15H20N2O4/c1-11-4-6-12(7-5-11)16(3)14(20)17-9-15(2,10-17)21-8-13(18)19/h4-7H,8-10H2,1-3H3,(H,18,19). The van der Waals surface area contributed by atoms with Crippen molar-refractivity contribution in [3.8, 4) is 0 Å². The van der Waals surface area contributed by atoms with Crippen LogP contribution in [0, 0.1) is 6.92 Å². The van der Waals surface area contributed by atoms with E-state index in [1.165, 1.54) is 0 Å². The molecule has 1 heterocycles. The van der Waals surface area contributed by atoms with Gasteiger partial charge in [0.1, 0.15) is 12.2 Å². The van der Waals surface area contributed by atoms with E-state index in [-0.39, 0.29) is 12.6 Å². The quantitative estimate of drug-likeness (QED) is 0.917. The van der Waals surface area contributed by atoms with Crippen LogP contribution in [-0.4, -0.2) is 54.4 Å². The van der Waals surface area contributed by atoms with Crippen LogP contribution in [0.2, 0.25) is 0 Å². The minimum atomic E-state index is -1.00. The van der Waals surface area contributed by atoms with E-state index in [4.69, 9.17) is 9.84 Å². The SMILES string of the molecule is Cc1ccc(N(C)C(=O)N2CC(C)(OCC(=O)O)C2)cc1. The van der Waals surface area contributed by atoms with E-state index in [9.17, 15) is 9.59 Å². The zero-order valence-electron chi connectivity index (χ0n) is 12.5. The van der Waals surface area contributed by atoms with Gasteiger partial charge in [-0.3, -0.25) is 4.90 Å². The Morgan fingerprint density at radius 2 is 1.90 bits per heavy atom. The molecule has 0 saturated carbocycles.